The van der Waals surface area contributed by atoms with E-state index in [9.17, 15) is 24.2 Å². The van der Waals surface area contributed by atoms with Crippen molar-refractivity contribution in [2.24, 2.45) is 0 Å². The van der Waals surface area contributed by atoms with E-state index in [1.54, 1.807) is 0 Å². The third-order valence-electron chi connectivity index (χ3n) is 7.35. The second-order valence-corrected chi connectivity index (χ2v) is 13.3. The number of unbranched alkanes of at least 4 members (excludes halogenated alkanes) is 16. The predicted molar refractivity (Wildman–Crippen MR) is 183 cm³/mol. The van der Waals surface area contributed by atoms with E-state index in [-0.39, 0.29) is 32.1 Å². The molecule has 264 valence electrons. The summed E-state index contributed by atoms with van der Waals surface area (Å²) in [7, 11) is -4.38. The van der Waals surface area contributed by atoms with Gasteiger partial charge in [-0.15, -0.1) is 0 Å². The molecule has 0 aliphatic carbocycles. The summed E-state index contributed by atoms with van der Waals surface area (Å²) >= 11 is 0. The second-order valence-electron chi connectivity index (χ2n) is 11.8. The number of carbonyl (C=O) groups is 2. The summed E-state index contributed by atoms with van der Waals surface area (Å²) in [5.74, 6) is -0.571. The molecule has 45 heavy (non-hydrogen) atoms. The Hall–Kier alpha value is -1.51. The highest BCUT2D eigenvalue weighted by Crippen LogP contribution is 2.42. The van der Waals surface area contributed by atoms with Crippen molar-refractivity contribution in [1.82, 2.24) is 5.32 Å². The van der Waals surface area contributed by atoms with E-state index in [4.69, 9.17) is 13.8 Å². The minimum atomic E-state index is -4.38. The lowest BCUT2D eigenvalue weighted by molar-refractivity contribution is -0.147. The zero-order chi connectivity index (χ0) is 33.3. The van der Waals surface area contributed by atoms with E-state index >= 15 is 0 Å². The Labute approximate surface area is 274 Å². The Balaban J connectivity index is 3.48. The summed E-state index contributed by atoms with van der Waals surface area (Å²) < 4.78 is 26.3. The fourth-order valence-corrected chi connectivity index (χ4v) is 5.45. The number of esters is 1. The van der Waals surface area contributed by atoms with Crippen LogP contribution in [0, 0.1) is 0 Å². The molecule has 1 amide bonds. The molecule has 0 radical (unpaired) electrons. The van der Waals surface area contributed by atoms with Crippen LogP contribution in [0.1, 0.15) is 155 Å². The number of hydrogen-bond donors (Lipinski definition) is 3. The van der Waals surface area contributed by atoms with Crippen molar-refractivity contribution >= 4 is 19.7 Å². The molecule has 0 aromatic heterocycles. The van der Waals surface area contributed by atoms with Crippen molar-refractivity contribution in [3.63, 3.8) is 0 Å². The maximum Gasteiger partial charge on any atom is 0.472 e. The molecule has 9 nitrogen and oxygen atoms in total. The number of hydrogen-bond acceptors (Lipinski definition) is 7. The van der Waals surface area contributed by atoms with E-state index in [0.29, 0.717) is 12.8 Å². The van der Waals surface area contributed by atoms with E-state index in [2.05, 4.69) is 36.5 Å². The number of aliphatic hydroxyl groups excluding tert-OH is 1. The second kappa shape index (κ2) is 32.4. The topological polar surface area (TPSA) is 131 Å². The Bertz CT molecular complexity index is 805. The quantitative estimate of drug-likeness (QED) is 0.0276. The number of phosphoric acid groups is 1. The van der Waals surface area contributed by atoms with Crippen LogP contribution in [0.25, 0.3) is 0 Å². The van der Waals surface area contributed by atoms with Gasteiger partial charge in [0.2, 0.25) is 5.91 Å². The molecule has 0 heterocycles. The molecule has 2 atom stereocenters. The number of allylic oxidation sites excluding steroid dienone is 4. The third-order valence-corrected chi connectivity index (χ3v) is 8.34. The van der Waals surface area contributed by atoms with E-state index in [0.717, 1.165) is 25.7 Å². The number of amides is 1. The normalized spacial score (nSPS) is 13.8. The Morgan fingerprint density at radius 3 is 1.78 bits per heavy atom. The number of phosphoric ester groups is 1. The molecule has 0 saturated carbocycles. The van der Waals surface area contributed by atoms with Gasteiger partial charge in [0.25, 0.3) is 0 Å². The number of carbonyl (C=O) groups excluding carboxylic acids is 2. The van der Waals surface area contributed by atoms with Crippen LogP contribution in [0.4, 0.5) is 0 Å². The van der Waals surface area contributed by atoms with Crippen molar-refractivity contribution in [1.29, 1.82) is 0 Å². The molecule has 0 fully saturated rings. The first-order valence-electron chi connectivity index (χ1n) is 17.8. The van der Waals surface area contributed by atoms with E-state index < -0.39 is 26.5 Å². The first-order valence-corrected chi connectivity index (χ1v) is 19.3. The summed E-state index contributed by atoms with van der Waals surface area (Å²) in [6.07, 6.45) is 32.7. The summed E-state index contributed by atoms with van der Waals surface area (Å²) in [4.78, 5) is 32.9. The van der Waals surface area contributed by atoms with Crippen LogP contribution in [0.5, 0.6) is 0 Å². The summed E-state index contributed by atoms with van der Waals surface area (Å²) in [6.45, 7) is 3.15. The molecular weight excluding hydrogens is 593 g/mol. The Kier molecular flexibility index (Phi) is 31.3. The number of nitrogens with one attached hydrogen (secondary N) is 1. The first kappa shape index (κ1) is 43.5. The van der Waals surface area contributed by atoms with Gasteiger partial charge in [-0.1, -0.05) is 122 Å². The highest BCUT2D eigenvalue weighted by Gasteiger charge is 2.23. The van der Waals surface area contributed by atoms with Crippen molar-refractivity contribution in [2.45, 2.75) is 161 Å². The van der Waals surface area contributed by atoms with Crippen molar-refractivity contribution in [3.05, 3.63) is 24.3 Å². The fraction of sp³-hybridized carbons (Fsp3) is 0.829. The summed E-state index contributed by atoms with van der Waals surface area (Å²) in [6, 6.07) is 0. The van der Waals surface area contributed by atoms with Gasteiger partial charge in [-0.2, -0.15) is 0 Å². The number of ether oxygens (including phenoxy) is 1. The van der Waals surface area contributed by atoms with Gasteiger partial charge in [-0.25, -0.2) is 4.57 Å². The maximum absolute atomic E-state index is 11.9. The smallest absolute Gasteiger partial charge is 0.463 e. The largest absolute Gasteiger partial charge is 0.472 e. The summed E-state index contributed by atoms with van der Waals surface area (Å²) in [5.41, 5.74) is 0. The van der Waals surface area contributed by atoms with Crippen LogP contribution in [0.3, 0.4) is 0 Å². The van der Waals surface area contributed by atoms with Gasteiger partial charge >= 0.3 is 13.8 Å². The molecule has 0 bridgehead atoms. The fourth-order valence-electron chi connectivity index (χ4n) is 4.69. The van der Waals surface area contributed by atoms with Gasteiger partial charge < -0.3 is 20.1 Å². The molecule has 3 N–H and O–H groups in total. The standard InChI is InChI=1S/C35H66NO8P/c1-3-5-6-7-8-9-10-11-12-13-14-15-16-17-18-19-20-21-22-23-24-25-26-28-35(39)42-31-33(37)32-44-45(40,41)43-30-29-36-34(38)27-4-2/h8-9,11-12,33,37H,3-7,10,13-32H2,1-2H3,(H,36,38)(H,40,41)/b9-8-,12-11-. The Morgan fingerprint density at radius 2 is 1.22 bits per heavy atom. The third kappa shape index (κ3) is 33.7. The van der Waals surface area contributed by atoms with Gasteiger partial charge in [0.05, 0.1) is 13.2 Å². The molecule has 0 aromatic carbocycles. The molecule has 2 unspecified atom stereocenters. The summed E-state index contributed by atoms with van der Waals surface area (Å²) in [5, 5.41) is 12.4. The highest BCUT2D eigenvalue weighted by atomic mass is 31.2. The van der Waals surface area contributed by atoms with Crippen LogP contribution < -0.4 is 5.32 Å². The lowest BCUT2D eigenvalue weighted by atomic mass is 10.0. The van der Waals surface area contributed by atoms with Crippen LogP contribution >= 0.6 is 7.82 Å². The average molecular weight is 660 g/mol. The van der Waals surface area contributed by atoms with Gasteiger partial charge in [-0.05, 0) is 44.9 Å². The van der Waals surface area contributed by atoms with Gasteiger partial charge in [0.1, 0.15) is 12.7 Å². The first-order chi connectivity index (χ1) is 21.8. The monoisotopic (exact) mass is 659 g/mol. The molecule has 0 spiro atoms. The van der Waals surface area contributed by atoms with Crippen molar-refractivity contribution in [3.8, 4) is 0 Å². The number of aliphatic hydroxyl groups is 1. The van der Waals surface area contributed by atoms with E-state index in [1.165, 1.54) is 96.3 Å². The lowest BCUT2D eigenvalue weighted by Crippen LogP contribution is -2.27. The zero-order valence-corrected chi connectivity index (χ0v) is 29.5. The molecule has 0 aliphatic rings. The van der Waals surface area contributed by atoms with Gasteiger partial charge in [-0.3, -0.25) is 18.6 Å². The van der Waals surface area contributed by atoms with E-state index in [1.807, 2.05) is 6.92 Å². The minimum absolute atomic E-state index is 0.0733. The molecule has 0 saturated heterocycles. The van der Waals surface area contributed by atoms with Crippen molar-refractivity contribution < 1.29 is 37.9 Å². The molecule has 10 heteroatoms. The Morgan fingerprint density at radius 1 is 0.689 bits per heavy atom. The SMILES string of the molecule is CCCCC/C=C\C/C=C\CCCCCCCCCCCCCCCC(=O)OCC(O)COP(=O)(O)OCCNC(=O)CCC. The predicted octanol–water partition coefficient (Wildman–Crippen LogP) is 8.87. The molecular formula is C35H66NO8P. The van der Waals surface area contributed by atoms with Crippen molar-refractivity contribution in [2.75, 3.05) is 26.4 Å². The van der Waals surface area contributed by atoms with Gasteiger partial charge in [0.15, 0.2) is 0 Å². The van der Waals surface area contributed by atoms with Crippen LogP contribution in [0.15, 0.2) is 24.3 Å². The van der Waals surface area contributed by atoms with Crippen LogP contribution in [-0.2, 0) is 27.9 Å². The molecule has 0 aliphatic heterocycles. The van der Waals surface area contributed by atoms with Crippen LogP contribution in [0.2, 0.25) is 0 Å². The zero-order valence-electron chi connectivity index (χ0n) is 28.6. The molecule has 0 rings (SSSR count). The number of rotatable bonds is 33. The minimum Gasteiger partial charge on any atom is -0.463 e. The molecule has 0 aromatic rings. The average Bonchev–Trinajstić information content (AvgIpc) is 3.01. The lowest BCUT2D eigenvalue weighted by Gasteiger charge is -2.15. The highest BCUT2D eigenvalue weighted by molar-refractivity contribution is 7.47. The van der Waals surface area contributed by atoms with Crippen LogP contribution in [-0.4, -0.2) is 54.3 Å². The maximum atomic E-state index is 11.9. The van der Waals surface area contributed by atoms with Gasteiger partial charge in [0, 0.05) is 19.4 Å².